The number of fused-ring (bicyclic) bond motifs is 1. The molecule has 1 N–H and O–H groups in total. The molecule has 0 spiro atoms. The summed E-state index contributed by atoms with van der Waals surface area (Å²) in [7, 11) is 0. The molecule has 0 saturated heterocycles. The van der Waals surface area contributed by atoms with Gasteiger partial charge in [-0.15, -0.1) is 6.42 Å². The molecule has 0 amide bonds. The molecule has 4 nitrogen and oxygen atoms in total. The topological polar surface area (TPSA) is 55.8 Å². The molecule has 1 aliphatic heterocycles. The Balaban J connectivity index is 1.71. The lowest BCUT2D eigenvalue weighted by molar-refractivity contribution is -0.136. The standard InChI is InChI=1S/C25H24O4/c1-3-22-21(13-18(2)15-28-16-20-7-5-4-6-8-20)17-29-24-14-19(9-11-23(22)24)10-12-25(26)27/h1,4-9,11,13-14H,10,12,15-17H2,2H3,(H,26,27)/b18-13+. The van der Waals surface area contributed by atoms with Gasteiger partial charge in [0.05, 0.1) is 13.2 Å². The number of carboxylic acids is 1. The van der Waals surface area contributed by atoms with E-state index in [1.807, 2.05) is 61.5 Å². The number of aliphatic carboxylic acids is 1. The summed E-state index contributed by atoms with van der Waals surface area (Å²) in [5.41, 5.74) is 5.73. The molecule has 0 radical (unpaired) electrons. The van der Waals surface area contributed by atoms with Crippen LogP contribution in [-0.2, 0) is 22.6 Å². The number of carbonyl (C=O) groups is 1. The Morgan fingerprint density at radius 1 is 1.24 bits per heavy atom. The molecule has 2 aromatic rings. The van der Waals surface area contributed by atoms with Crippen LogP contribution < -0.4 is 4.74 Å². The molecular weight excluding hydrogens is 364 g/mol. The first-order valence-corrected chi connectivity index (χ1v) is 9.53. The van der Waals surface area contributed by atoms with E-state index >= 15 is 0 Å². The van der Waals surface area contributed by atoms with Crippen molar-refractivity contribution in [2.24, 2.45) is 0 Å². The van der Waals surface area contributed by atoms with Crippen LogP contribution >= 0.6 is 0 Å². The third kappa shape index (κ3) is 5.60. The molecule has 0 saturated carbocycles. The van der Waals surface area contributed by atoms with Crippen LogP contribution in [0.15, 0.2) is 65.8 Å². The molecule has 0 unspecified atom stereocenters. The zero-order chi connectivity index (χ0) is 20.6. The highest BCUT2D eigenvalue weighted by molar-refractivity contribution is 5.86. The number of terminal acetylenes is 1. The molecule has 4 heteroatoms. The Labute approximate surface area is 171 Å². The number of aryl methyl sites for hydroxylation is 1. The van der Waals surface area contributed by atoms with Crippen LogP contribution in [0, 0.1) is 12.3 Å². The van der Waals surface area contributed by atoms with Crippen molar-refractivity contribution in [2.45, 2.75) is 26.4 Å². The van der Waals surface area contributed by atoms with E-state index in [1.165, 1.54) is 0 Å². The van der Waals surface area contributed by atoms with E-state index < -0.39 is 5.97 Å². The van der Waals surface area contributed by atoms with Crippen molar-refractivity contribution < 1.29 is 19.4 Å². The summed E-state index contributed by atoms with van der Waals surface area (Å²) in [5.74, 6) is 2.68. The van der Waals surface area contributed by atoms with Gasteiger partial charge in [-0.2, -0.15) is 0 Å². The summed E-state index contributed by atoms with van der Waals surface area (Å²) in [6.45, 7) is 3.46. The monoisotopic (exact) mass is 388 g/mol. The van der Waals surface area contributed by atoms with Crippen LogP contribution in [0.2, 0.25) is 0 Å². The SMILES string of the molecule is C#CC1=C(/C=C(\C)COCc2ccccc2)COc2cc(CCC(=O)O)ccc21. The van der Waals surface area contributed by atoms with Crippen molar-refractivity contribution in [1.29, 1.82) is 0 Å². The van der Waals surface area contributed by atoms with E-state index in [2.05, 4.69) is 5.92 Å². The van der Waals surface area contributed by atoms with E-state index in [9.17, 15) is 4.79 Å². The van der Waals surface area contributed by atoms with E-state index in [1.54, 1.807) is 0 Å². The number of hydrogen-bond acceptors (Lipinski definition) is 3. The van der Waals surface area contributed by atoms with Crippen molar-refractivity contribution in [3.05, 3.63) is 82.4 Å². The Bertz CT molecular complexity index is 978. The summed E-state index contributed by atoms with van der Waals surface area (Å²) < 4.78 is 11.7. The second-order valence-electron chi connectivity index (χ2n) is 7.03. The largest absolute Gasteiger partial charge is 0.488 e. The van der Waals surface area contributed by atoms with Crippen LogP contribution in [0.5, 0.6) is 5.75 Å². The van der Waals surface area contributed by atoms with Crippen LogP contribution in [0.1, 0.15) is 30.0 Å². The minimum Gasteiger partial charge on any atom is -0.488 e. The summed E-state index contributed by atoms with van der Waals surface area (Å²) in [6.07, 6.45) is 8.38. The van der Waals surface area contributed by atoms with Crippen molar-refractivity contribution in [3.63, 3.8) is 0 Å². The van der Waals surface area contributed by atoms with E-state index in [0.717, 1.165) is 33.4 Å². The molecule has 0 aromatic heterocycles. The van der Waals surface area contributed by atoms with Crippen LogP contribution in [0.25, 0.3) is 5.57 Å². The van der Waals surface area contributed by atoms with Gasteiger partial charge >= 0.3 is 5.97 Å². The highest BCUT2D eigenvalue weighted by atomic mass is 16.5. The van der Waals surface area contributed by atoms with Gasteiger partial charge in [-0.1, -0.05) is 48.4 Å². The Hall–Kier alpha value is -3.29. The fourth-order valence-corrected chi connectivity index (χ4v) is 3.23. The lowest BCUT2D eigenvalue weighted by Crippen LogP contribution is -2.11. The van der Waals surface area contributed by atoms with Crippen molar-refractivity contribution in [3.8, 4) is 18.1 Å². The number of rotatable bonds is 8. The molecule has 2 aromatic carbocycles. The van der Waals surface area contributed by atoms with Crippen LogP contribution in [0.3, 0.4) is 0 Å². The molecular formula is C25H24O4. The second-order valence-corrected chi connectivity index (χ2v) is 7.03. The highest BCUT2D eigenvalue weighted by Gasteiger charge is 2.18. The number of ether oxygens (including phenoxy) is 2. The summed E-state index contributed by atoms with van der Waals surface area (Å²) in [5, 5.41) is 8.86. The summed E-state index contributed by atoms with van der Waals surface area (Å²) >= 11 is 0. The third-order valence-corrected chi connectivity index (χ3v) is 4.65. The molecule has 0 aliphatic carbocycles. The lowest BCUT2D eigenvalue weighted by Gasteiger charge is -2.21. The van der Waals surface area contributed by atoms with Crippen LogP contribution in [0.4, 0.5) is 0 Å². The smallest absolute Gasteiger partial charge is 0.303 e. The summed E-state index contributed by atoms with van der Waals surface area (Å²) in [6, 6.07) is 15.7. The fraction of sp³-hybridized carbons (Fsp3) is 0.240. The van der Waals surface area contributed by atoms with Crippen molar-refractivity contribution in [1.82, 2.24) is 0 Å². The van der Waals surface area contributed by atoms with Gasteiger partial charge in [0, 0.05) is 23.1 Å². The molecule has 1 heterocycles. The molecule has 0 fully saturated rings. The van der Waals surface area contributed by atoms with Crippen LogP contribution in [-0.4, -0.2) is 24.3 Å². The Kier molecular flexibility index (Phi) is 6.89. The highest BCUT2D eigenvalue weighted by Crippen LogP contribution is 2.34. The lowest BCUT2D eigenvalue weighted by atomic mass is 9.94. The minimum absolute atomic E-state index is 0.0901. The maximum atomic E-state index is 10.8. The normalized spacial score (nSPS) is 13.4. The van der Waals surface area contributed by atoms with Gasteiger partial charge in [-0.05, 0) is 42.2 Å². The molecule has 148 valence electrons. The van der Waals surface area contributed by atoms with Gasteiger partial charge in [-0.3, -0.25) is 4.79 Å². The first-order chi connectivity index (χ1) is 14.1. The van der Waals surface area contributed by atoms with Crippen molar-refractivity contribution >= 4 is 11.5 Å². The molecule has 1 aliphatic rings. The van der Waals surface area contributed by atoms with E-state index in [-0.39, 0.29) is 6.42 Å². The number of carboxylic acid groups (broad SMARTS) is 1. The number of benzene rings is 2. The molecule has 0 bridgehead atoms. The minimum atomic E-state index is -0.815. The predicted octanol–water partition coefficient (Wildman–Crippen LogP) is 4.65. The zero-order valence-corrected chi connectivity index (χ0v) is 16.5. The van der Waals surface area contributed by atoms with Gasteiger partial charge in [0.1, 0.15) is 12.4 Å². The van der Waals surface area contributed by atoms with Gasteiger partial charge in [0.2, 0.25) is 0 Å². The maximum absolute atomic E-state index is 10.8. The first kappa shape index (κ1) is 20.4. The average Bonchev–Trinajstić information content (AvgIpc) is 2.72. The molecule has 3 rings (SSSR count). The average molecular weight is 388 g/mol. The predicted molar refractivity (Wildman–Crippen MR) is 114 cm³/mol. The van der Waals surface area contributed by atoms with E-state index in [4.69, 9.17) is 21.0 Å². The molecule has 0 atom stereocenters. The molecule has 29 heavy (non-hydrogen) atoms. The Morgan fingerprint density at radius 2 is 2.03 bits per heavy atom. The zero-order valence-electron chi connectivity index (χ0n) is 16.5. The van der Waals surface area contributed by atoms with Gasteiger partial charge < -0.3 is 14.6 Å². The maximum Gasteiger partial charge on any atom is 0.303 e. The van der Waals surface area contributed by atoms with Gasteiger partial charge in [0.15, 0.2) is 0 Å². The van der Waals surface area contributed by atoms with E-state index in [0.29, 0.717) is 32.0 Å². The number of allylic oxidation sites excluding steroid dienone is 1. The van der Waals surface area contributed by atoms with Gasteiger partial charge in [-0.25, -0.2) is 0 Å². The quantitative estimate of drug-likeness (QED) is 0.669. The summed E-state index contributed by atoms with van der Waals surface area (Å²) in [4.78, 5) is 10.8. The fourth-order valence-electron chi connectivity index (χ4n) is 3.23. The first-order valence-electron chi connectivity index (χ1n) is 9.53. The number of hydrogen-bond donors (Lipinski definition) is 1. The Morgan fingerprint density at radius 3 is 2.76 bits per heavy atom. The van der Waals surface area contributed by atoms with Crippen molar-refractivity contribution in [2.75, 3.05) is 13.2 Å². The van der Waals surface area contributed by atoms with Gasteiger partial charge in [0.25, 0.3) is 0 Å². The third-order valence-electron chi connectivity index (χ3n) is 4.65. The second kappa shape index (κ2) is 9.77.